The van der Waals surface area contributed by atoms with Crippen LogP contribution in [0.3, 0.4) is 0 Å². The zero-order chi connectivity index (χ0) is 21.3. The molecule has 0 radical (unpaired) electrons. The molecule has 1 amide bonds. The minimum absolute atomic E-state index is 0.0880. The summed E-state index contributed by atoms with van der Waals surface area (Å²) >= 11 is 0. The third-order valence-corrected chi connectivity index (χ3v) is 6.21. The molecule has 152 valence electrons. The van der Waals surface area contributed by atoms with Crippen LogP contribution in [-0.4, -0.2) is 36.7 Å². The molecule has 0 bridgehead atoms. The van der Waals surface area contributed by atoms with Crippen LogP contribution in [0.5, 0.6) is 0 Å². The summed E-state index contributed by atoms with van der Waals surface area (Å²) in [6.45, 7) is 5.54. The number of nitriles is 1. The molecule has 0 aliphatic carbocycles. The van der Waals surface area contributed by atoms with Gasteiger partial charge in [-0.05, 0) is 56.4 Å². The fourth-order valence-electron chi connectivity index (χ4n) is 4.44. The van der Waals surface area contributed by atoms with E-state index in [4.69, 9.17) is 10.4 Å². The Kier molecular flexibility index (Phi) is 5.27. The Bertz CT molecular complexity index is 1070. The first kappa shape index (κ1) is 20.1. The molecule has 2 aromatic rings. The van der Waals surface area contributed by atoms with Gasteiger partial charge in [0.1, 0.15) is 13.2 Å². The van der Waals surface area contributed by atoms with Crippen LogP contribution in [-0.2, 0) is 0 Å². The molecule has 0 N–H and O–H groups in total. The predicted octanol–water partition coefficient (Wildman–Crippen LogP) is 4.73. The number of quaternary nitrogens is 1. The van der Waals surface area contributed by atoms with E-state index in [1.807, 2.05) is 67.4 Å². The number of hydrogen-bond donors (Lipinski definition) is 0. The van der Waals surface area contributed by atoms with E-state index in [0.29, 0.717) is 16.1 Å². The van der Waals surface area contributed by atoms with Crippen LogP contribution in [0.25, 0.3) is 0 Å². The monoisotopic (exact) mass is 399 g/mol. The minimum Gasteiger partial charge on any atom is -0.339 e. The molecule has 2 heterocycles. The third-order valence-electron chi connectivity index (χ3n) is 6.21. The third kappa shape index (κ3) is 3.79. The zero-order valence-electron chi connectivity index (χ0n) is 17.8. The lowest BCUT2D eigenvalue weighted by Crippen LogP contribution is -2.38. The fraction of sp³-hybridized carbons (Fsp3) is 0.320. The molecule has 1 atom stereocenters. The van der Waals surface area contributed by atoms with Gasteiger partial charge in [-0.25, -0.2) is 0 Å². The summed E-state index contributed by atoms with van der Waals surface area (Å²) in [5.74, 6) is 0.525. The van der Waals surface area contributed by atoms with Crippen LogP contribution in [0.4, 0.5) is 5.69 Å². The van der Waals surface area contributed by atoms with Gasteiger partial charge < -0.3 is 4.90 Å². The summed E-state index contributed by atoms with van der Waals surface area (Å²) < 4.78 is 0.347. The minimum atomic E-state index is 0.0880. The highest BCUT2D eigenvalue weighted by Gasteiger charge is 2.31. The fourth-order valence-corrected chi connectivity index (χ4v) is 4.44. The van der Waals surface area contributed by atoms with Crippen LogP contribution < -0.4 is 4.59 Å². The van der Waals surface area contributed by atoms with E-state index in [-0.39, 0.29) is 5.91 Å². The first-order chi connectivity index (χ1) is 14.4. The van der Waals surface area contributed by atoms with E-state index >= 15 is 0 Å². The highest BCUT2D eigenvalue weighted by Crippen LogP contribution is 2.32. The summed E-state index contributed by atoms with van der Waals surface area (Å²) in [4.78, 5) is 15.2. The van der Waals surface area contributed by atoms with Gasteiger partial charge in [-0.2, -0.15) is 5.26 Å². The number of rotatable bonds is 3. The van der Waals surface area contributed by atoms with Gasteiger partial charge in [0.2, 0.25) is 0 Å². The van der Waals surface area contributed by atoms with Gasteiger partial charge in [-0.15, -0.1) is 4.59 Å². The van der Waals surface area contributed by atoms with Crippen LogP contribution in [0.1, 0.15) is 52.7 Å². The molecule has 1 saturated heterocycles. The first-order valence-electron chi connectivity index (χ1n) is 10.4. The summed E-state index contributed by atoms with van der Waals surface area (Å²) in [5.41, 5.74) is 5.80. The van der Waals surface area contributed by atoms with Gasteiger partial charge in [0.05, 0.1) is 17.3 Å². The van der Waals surface area contributed by atoms with Crippen molar-refractivity contribution in [2.24, 2.45) is 5.10 Å². The normalized spacial score (nSPS) is 21.4. The van der Waals surface area contributed by atoms with Crippen molar-refractivity contribution in [1.29, 1.82) is 5.26 Å². The molecule has 0 saturated carbocycles. The molecule has 1 fully saturated rings. The van der Waals surface area contributed by atoms with Crippen LogP contribution in [0, 0.1) is 18.3 Å². The van der Waals surface area contributed by atoms with Crippen molar-refractivity contribution < 1.29 is 4.79 Å². The smallest absolute Gasteiger partial charge is 0.254 e. The van der Waals surface area contributed by atoms with Crippen LogP contribution in [0.2, 0.25) is 0 Å². The number of benzene rings is 2. The van der Waals surface area contributed by atoms with E-state index in [9.17, 15) is 4.79 Å². The van der Waals surface area contributed by atoms with E-state index < -0.39 is 0 Å². The van der Waals surface area contributed by atoms with Gasteiger partial charge in [-0.1, -0.05) is 23.3 Å². The van der Waals surface area contributed by atoms with Crippen LogP contribution >= 0.6 is 0 Å². The van der Waals surface area contributed by atoms with Gasteiger partial charge >= 0.3 is 0 Å². The number of likely N-dealkylation sites (tertiary alicyclic amines) is 1. The number of hydrogen-bond acceptors (Lipinski definition) is 3. The van der Waals surface area contributed by atoms with Crippen molar-refractivity contribution in [1.82, 2.24) is 9.49 Å². The Morgan fingerprint density at radius 1 is 1.13 bits per heavy atom. The number of carbonyl (C=O) groups excluding carboxylic acids is 1. The van der Waals surface area contributed by atoms with Crippen molar-refractivity contribution in [2.75, 3.05) is 20.1 Å². The molecule has 0 aromatic heterocycles. The zero-order valence-corrected chi connectivity index (χ0v) is 17.8. The van der Waals surface area contributed by atoms with Gasteiger partial charge in [0.15, 0.2) is 5.69 Å². The van der Waals surface area contributed by atoms with E-state index in [1.165, 1.54) is 5.56 Å². The average Bonchev–Trinajstić information content (AvgIpc) is 3.13. The molecular weight excluding hydrogens is 372 g/mol. The number of amides is 1. The Balaban J connectivity index is 1.47. The molecule has 5 nitrogen and oxygen atoms in total. The lowest BCUT2D eigenvalue weighted by Gasteiger charge is -2.32. The average molecular weight is 400 g/mol. The number of carbonyl (C=O) groups is 1. The van der Waals surface area contributed by atoms with E-state index in [2.05, 4.69) is 19.2 Å². The second kappa shape index (κ2) is 7.89. The lowest BCUT2D eigenvalue weighted by atomic mass is 9.89. The molecule has 2 aliphatic heterocycles. The predicted molar refractivity (Wildman–Crippen MR) is 120 cm³/mol. The maximum absolute atomic E-state index is 13.2. The van der Waals surface area contributed by atoms with E-state index in [1.54, 1.807) is 0 Å². The molecular formula is C25H27N4O+. The maximum atomic E-state index is 13.2. The number of piperidine rings is 1. The standard InChI is InChI=1S/C25H27N4O/c1-18-4-7-23(16-24(18)29(3)15-12-19(2)27-29)25(30)28-13-10-22(11-14-28)21-8-5-20(17-26)6-9-21/h4-9,12,15-16,22H,10-11,13-14H2,1-3H3/q+1. The molecule has 2 aliphatic rings. The van der Waals surface area contributed by atoms with Crippen LogP contribution in [0.15, 0.2) is 59.8 Å². The summed E-state index contributed by atoms with van der Waals surface area (Å²) in [6.07, 6.45) is 5.95. The molecule has 0 spiro atoms. The molecule has 2 aromatic carbocycles. The Hall–Kier alpha value is -3.23. The largest absolute Gasteiger partial charge is 0.339 e. The SMILES string of the molecule is CC1=N[N+](C)(c2cc(C(=O)N3CCC(c4ccc(C#N)cc4)CC3)ccc2C)C=C1. The summed E-state index contributed by atoms with van der Waals surface area (Å²) in [5, 5.41) is 13.7. The summed E-state index contributed by atoms with van der Waals surface area (Å²) in [7, 11) is 2.03. The quantitative estimate of drug-likeness (QED) is 0.701. The number of nitrogens with zero attached hydrogens (tertiary/aromatic N) is 4. The second-order valence-electron chi connectivity index (χ2n) is 8.39. The highest BCUT2D eigenvalue weighted by molar-refractivity contribution is 5.97. The summed E-state index contributed by atoms with van der Waals surface area (Å²) in [6, 6.07) is 16.0. The first-order valence-corrected chi connectivity index (χ1v) is 10.4. The van der Waals surface area contributed by atoms with Crippen molar-refractivity contribution in [3.8, 4) is 6.07 Å². The molecule has 1 unspecified atom stereocenters. The van der Waals surface area contributed by atoms with Crippen molar-refractivity contribution in [2.45, 2.75) is 32.6 Å². The van der Waals surface area contributed by atoms with Crippen molar-refractivity contribution in [3.63, 3.8) is 0 Å². The Labute approximate surface area is 178 Å². The lowest BCUT2D eigenvalue weighted by molar-refractivity contribution is 0.0713. The van der Waals surface area contributed by atoms with Gasteiger partial charge in [-0.3, -0.25) is 4.79 Å². The Morgan fingerprint density at radius 2 is 1.83 bits per heavy atom. The number of allylic oxidation sites excluding steroid dienone is 1. The Morgan fingerprint density at radius 3 is 2.43 bits per heavy atom. The van der Waals surface area contributed by atoms with Crippen molar-refractivity contribution >= 4 is 17.3 Å². The number of aryl methyl sites for hydroxylation is 1. The molecule has 5 heteroatoms. The molecule has 4 rings (SSSR count). The van der Waals surface area contributed by atoms with Crippen molar-refractivity contribution in [3.05, 3.63) is 77.0 Å². The van der Waals surface area contributed by atoms with Gasteiger partial charge in [0.25, 0.3) is 5.91 Å². The topological polar surface area (TPSA) is 56.5 Å². The van der Waals surface area contributed by atoms with E-state index in [0.717, 1.165) is 48.5 Å². The molecule has 30 heavy (non-hydrogen) atoms. The second-order valence-corrected chi connectivity index (χ2v) is 8.39. The maximum Gasteiger partial charge on any atom is 0.254 e. The van der Waals surface area contributed by atoms with Gasteiger partial charge in [0, 0.05) is 36.4 Å². The highest BCUT2D eigenvalue weighted by atomic mass is 16.2.